The molecule has 0 bridgehead atoms. The van der Waals surface area contributed by atoms with Crippen LogP contribution >= 0.6 is 0 Å². The van der Waals surface area contributed by atoms with Crippen molar-refractivity contribution in [3.8, 4) is 0 Å². The third-order valence-corrected chi connectivity index (χ3v) is 9.61. The number of fused-ring (bicyclic) bond motifs is 5. The van der Waals surface area contributed by atoms with Crippen LogP contribution in [0.15, 0.2) is 0 Å². The molecule has 5 nitrogen and oxygen atoms in total. The molecule has 0 aromatic rings. The maximum absolute atomic E-state index is 11.4. The van der Waals surface area contributed by atoms with Crippen LogP contribution in [0.2, 0.25) is 0 Å². The van der Waals surface area contributed by atoms with E-state index >= 15 is 0 Å². The maximum atomic E-state index is 11.4. The first-order chi connectivity index (χ1) is 13.2. The van der Waals surface area contributed by atoms with Crippen molar-refractivity contribution < 1.29 is 25.2 Å². The summed E-state index contributed by atoms with van der Waals surface area (Å²) in [4.78, 5) is 11.0. The van der Waals surface area contributed by atoms with Crippen LogP contribution < -0.4 is 0 Å². The average molecular weight is 395 g/mol. The monoisotopic (exact) mass is 394 g/mol. The van der Waals surface area contributed by atoms with Gasteiger partial charge in [0.05, 0.1) is 18.3 Å². The highest BCUT2D eigenvalue weighted by Crippen LogP contribution is 2.65. The summed E-state index contributed by atoms with van der Waals surface area (Å²) in [5.41, 5.74) is -0.221. The number of hydrogen-bond donors (Lipinski definition) is 4. The fourth-order valence-electron chi connectivity index (χ4n) is 8.35. The fourth-order valence-corrected chi connectivity index (χ4v) is 8.35. The smallest absolute Gasteiger partial charge is 0.303 e. The van der Waals surface area contributed by atoms with Gasteiger partial charge in [-0.05, 0) is 98.2 Å². The van der Waals surface area contributed by atoms with Crippen molar-refractivity contribution in [1.29, 1.82) is 0 Å². The van der Waals surface area contributed by atoms with E-state index in [1.165, 1.54) is 0 Å². The number of carbonyl (C=O) groups is 1. The Labute approximate surface area is 168 Å². The van der Waals surface area contributed by atoms with Crippen molar-refractivity contribution in [2.45, 2.75) is 89.9 Å². The SMILES string of the molecule is C[C@H](CCC(=O)O)[C@H]1CC[C@H]2[C@@H]3[C@H](O)CC4C[C@H](O)CCC4[C@H]3C[C@H](O)[C@]12C. The molecule has 0 aromatic heterocycles. The first kappa shape index (κ1) is 20.6. The topological polar surface area (TPSA) is 98.0 Å². The first-order valence-electron chi connectivity index (χ1n) is 11.5. The van der Waals surface area contributed by atoms with E-state index < -0.39 is 5.97 Å². The molecule has 11 atom stereocenters. The van der Waals surface area contributed by atoms with E-state index in [0.29, 0.717) is 36.0 Å². The minimum absolute atomic E-state index is 0.190. The lowest BCUT2D eigenvalue weighted by Gasteiger charge is -2.59. The van der Waals surface area contributed by atoms with Gasteiger partial charge in [-0.15, -0.1) is 0 Å². The molecule has 5 heteroatoms. The molecule has 2 unspecified atom stereocenters. The number of carboxylic acids is 1. The van der Waals surface area contributed by atoms with E-state index in [-0.39, 0.29) is 42.0 Å². The van der Waals surface area contributed by atoms with Crippen LogP contribution in [0.1, 0.15) is 71.6 Å². The normalized spacial score (nSPS) is 51.7. The molecule has 4 N–H and O–H groups in total. The molecule has 4 rings (SSSR count). The molecule has 4 aliphatic carbocycles. The molecule has 160 valence electrons. The highest BCUT2D eigenvalue weighted by molar-refractivity contribution is 5.66. The standard InChI is InChI=1S/C23H38O5/c1-12(3-8-21(27)28)17-6-7-18-22-16(11-20(26)23(17,18)2)15-5-4-14(24)9-13(15)10-19(22)25/h12-20,22,24-26H,3-11H2,1-2H3,(H,27,28)/t12-,13?,14-,15?,16-,17-,18+,19-,20+,22-,23-/m1/s1. The molecule has 0 saturated heterocycles. The lowest BCUT2D eigenvalue weighted by Crippen LogP contribution is -2.59. The zero-order valence-corrected chi connectivity index (χ0v) is 17.3. The van der Waals surface area contributed by atoms with E-state index in [9.17, 15) is 20.1 Å². The van der Waals surface area contributed by atoms with Gasteiger partial charge < -0.3 is 20.4 Å². The minimum atomic E-state index is -0.746. The summed E-state index contributed by atoms with van der Waals surface area (Å²) in [6.45, 7) is 4.37. The second kappa shape index (κ2) is 7.55. The van der Waals surface area contributed by atoms with Crippen molar-refractivity contribution in [2.24, 2.45) is 46.8 Å². The van der Waals surface area contributed by atoms with E-state index in [4.69, 9.17) is 5.11 Å². The Morgan fingerprint density at radius 1 is 1.04 bits per heavy atom. The van der Waals surface area contributed by atoms with Gasteiger partial charge in [0.1, 0.15) is 0 Å². The lowest BCUT2D eigenvalue weighted by molar-refractivity contribution is -0.179. The zero-order chi connectivity index (χ0) is 20.2. The second-order valence-electron chi connectivity index (χ2n) is 10.8. The quantitative estimate of drug-likeness (QED) is 0.587. The lowest BCUT2D eigenvalue weighted by atomic mass is 9.47. The molecule has 0 aromatic carbocycles. The Morgan fingerprint density at radius 3 is 2.50 bits per heavy atom. The van der Waals surface area contributed by atoms with Crippen LogP contribution in [0.3, 0.4) is 0 Å². The fraction of sp³-hybridized carbons (Fsp3) is 0.957. The number of aliphatic hydroxyl groups is 3. The van der Waals surface area contributed by atoms with E-state index in [2.05, 4.69) is 13.8 Å². The van der Waals surface area contributed by atoms with E-state index in [1.807, 2.05) is 0 Å². The molecule has 4 saturated carbocycles. The summed E-state index contributed by atoms with van der Waals surface area (Å²) in [7, 11) is 0. The molecular formula is C23H38O5. The van der Waals surface area contributed by atoms with Crippen molar-refractivity contribution in [1.82, 2.24) is 0 Å². The van der Waals surface area contributed by atoms with Gasteiger partial charge in [0, 0.05) is 6.42 Å². The highest BCUT2D eigenvalue weighted by Gasteiger charge is 2.63. The molecule has 0 heterocycles. The Morgan fingerprint density at radius 2 is 1.79 bits per heavy atom. The van der Waals surface area contributed by atoms with Crippen LogP contribution in [0, 0.1) is 46.8 Å². The first-order valence-corrected chi connectivity index (χ1v) is 11.5. The summed E-state index contributed by atoms with van der Waals surface area (Å²) in [5, 5.41) is 41.7. The molecular weight excluding hydrogens is 356 g/mol. The van der Waals surface area contributed by atoms with Gasteiger partial charge in [-0.1, -0.05) is 13.8 Å². The largest absolute Gasteiger partial charge is 0.481 e. The Bertz CT molecular complexity index is 594. The average Bonchev–Trinajstić information content (AvgIpc) is 2.98. The molecule has 4 aliphatic rings. The second-order valence-corrected chi connectivity index (χ2v) is 10.8. The summed E-state index contributed by atoms with van der Waals surface area (Å²) in [6.07, 6.45) is 6.21. The number of rotatable bonds is 4. The molecule has 0 aliphatic heterocycles. The van der Waals surface area contributed by atoms with Gasteiger partial charge in [-0.3, -0.25) is 4.79 Å². The van der Waals surface area contributed by atoms with Crippen LogP contribution in [0.25, 0.3) is 0 Å². The molecule has 0 amide bonds. The van der Waals surface area contributed by atoms with Gasteiger partial charge in [0.2, 0.25) is 0 Å². The third-order valence-electron chi connectivity index (χ3n) is 9.61. The molecule has 0 spiro atoms. The zero-order valence-electron chi connectivity index (χ0n) is 17.3. The predicted octanol–water partition coefficient (Wildman–Crippen LogP) is 3.06. The minimum Gasteiger partial charge on any atom is -0.481 e. The maximum Gasteiger partial charge on any atom is 0.303 e. The van der Waals surface area contributed by atoms with Crippen molar-refractivity contribution in [2.75, 3.05) is 0 Å². The summed E-state index contributed by atoms with van der Waals surface area (Å²) in [5.74, 6) is 1.71. The number of carboxylic acid groups (broad SMARTS) is 1. The molecule has 0 radical (unpaired) electrons. The third kappa shape index (κ3) is 3.22. The Kier molecular flexibility index (Phi) is 5.56. The van der Waals surface area contributed by atoms with Gasteiger partial charge in [0.15, 0.2) is 0 Å². The molecule has 4 fully saturated rings. The van der Waals surface area contributed by atoms with Crippen molar-refractivity contribution in [3.05, 3.63) is 0 Å². The van der Waals surface area contributed by atoms with Gasteiger partial charge in [-0.25, -0.2) is 0 Å². The summed E-state index contributed by atoms with van der Waals surface area (Å²) in [6, 6.07) is 0. The van der Waals surface area contributed by atoms with Crippen molar-refractivity contribution in [3.63, 3.8) is 0 Å². The Balaban J connectivity index is 1.56. The predicted molar refractivity (Wildman–Crippen MR) is 105 cm³/mol. The number of aliphatic carboxylic acids is 1. The summed E-state index contributed by atoms with van der Waals surface area (Å²) < 4.78 is 0. The van der Waals surface area contributed by atoms with Gasteiger partial charge in [-0.2, -0.15) is 0 Å². The van der Waals surface area contributed by atoms with Crippen LogP contribution in [-0.2, 0) is 4.79 Å². The van der Waals surface area contributed by atoms with Crippen LogP contribution in [0.5, 0.6) is 0 Å². The van der Waals surface area contributed by atoms with Gasteiger partial charge in [0.25, 0.3) is 0 Å². The molecule has 28 heavy (non-hydrogen) atoms. The number of aliphatic hydroxyl groups excluding tert-OH is 3. The summed E-state index contributed by atoms with van der Waals surface area (Å²) >= 11 is 0. The van der Waals surface area contributed by atoms with Crippen LogP contribution in [0.4, 0.5) is 0 Å². The van der Waals surface area contributed by atoms with Crippen molar-refractivity contribution >= 4 is 5.97 Å². The number of hydrogen-bond acceptors (Lipinski definition) is 4. The van der Waals surface area contributed by atoms with E-state index in [0.717, 1.165) is 44.9 Å². The Hall–Kier alpha value is -0.650. The van der Waals surface area contributed by atoms with Gasteiger partial charge >= 0.3 is 5.97 Å². The van der Waals surface area contributed by atoms with E-state index in [1.54, 1.807) is 0 Å². The van der Waals surface area contributed by atoms with Crippen LogP contribution in [-0.4, -0.2) is 44.7 Å². The highest BCUT2D eigenvalue weighted by atomic mass is 16.4.